The van der Waals surface area contributed by atoms with Crippen molar-refractivity contribution in [3.63, 3.8) is 0 Å². The van der Waals surface area contributed by atoms with Crippen LogP contribution in [-0.2, 0) is 6.61 Å². The Hall–Kier alpha value is -2.52. The topological polar surface area (TPSA) is 33.1 Å². The van der Waals surface area contributed by atoms with Crippen LogP contribution in [-0.4, -0.2) is 10.1 Å². The van der Waals surface area contributed by atoms with Crippen molar-refractivity contribution < 1.29 is 9.50 Å². The van der Waals surface area contributed by atoms with Gasteiger partial charge < -0.3 is 5.11 Å². The molecule has 0 saturated heterocycles. The number of aromatic nitrogens is 1. The van der Waals surface area contributed by atoms with Crippen molar-refractivity contribution >= 4 is 0 Å². The van der Waals surface area contributed by atoms with Crippen LogP contribution in [0.5, 0.6) is 0 Å². The van der Waals surface area contributed by atoms with E-state index in [4.69, 9.17) is 4.98 Å². The molecule has 1 N–H and O–H groups in total. The maximum Gasteiger partial charge on any atom is 0.123 e. The number of aliphatic hydroxyl groups is 1. The largest absolute Gasteiger partial charge is 0.392 e. The van der Waals surface area contributed by atoms with Gasteiger partial charge in [-0.1, -0.05) is 56.3 Å². The first-order valence-corrected chi connectivity index (χ1v) is 8.06. The molecule has 0 bridgehead atoms. The molecule has 0 amide bonds. The van der Waals surface area contributed by atoms with Crippen LogP contribution in [0.15, 0.2) is 60.7 Å². The summed E-state index contributed by atoms with van der Waals surface area (Å²) in [6.45, 7) is 4.03. The second-order valence-corrected chi connectivity index (χ2v) is 6.10. The van der Waals surface area contributed by atoms with E-state index in [9.17, 15) is 9.50 Å². The predicted molar refractivity (Wildman–Crippen MR) is 95.1 cm³/mol. The van der Waals surface area contributed by atoms with E-state index in [2.05, 4.69) is 13.8 Å². The zero-order valence-electron chi connectivity index (χ0n) is 13.8. The lowest BCUT2D eigenvalue weighted by molar-refractivity contribution is 0.280. The summed E-state index contributed by atoms with van der Waals surface area (Å²) in [4.78, 5) is 4.78. The van der Waals surface area contributed by atoms with Gasteiger partial charge in [0.15, 0.2) is 0 Å². The number of pyridine rings is 1. The lowest BCUT2D eigenvalue weighted by Crippen LogP contribution is -2.04. The molecular weight excluding hydrogens is 301 g/mol. The highest BCUT2D eigenvalue weighted by molar-refractivity contribution is 5.74. The summed E-state index contributed by atoms with van der Waals surface area (Å²) < 4.78 is 13.3. The summed E-state index contributed by atoms with van der Waals surface area (Å²) in [6, 6.07) is 18.3. The maximum atomic E-state index is 13.3. The zero-order valence-corrected chi connectivity index (χ0v) is 13.8. The van der Waals surface area contributed by atoms with Crippen LogP contribution < -0.4 is 0 Å². The Bertz CT molecular complexity index is 826. The summed E-state index contributed by atoms with van der Waals surface area (Å²) in [7, 11) is 0. The first-order valence-electron chi connectivity index (χ1n) is 8.06. The van der Waals surface area contributed by atoms with E-state index in [1.54, 1.807) is 12.1 Å². The second-order valence-electron chi connectivity index (χ2n) is 6.10. The molecule has 3 rings (SSSR count). The van der Waals surface area contributed by atoms with Gasteiger partial charge in [0.25, 0.3) is 0 Å². The molecule has 0 aliphatic rings. The van der Waals surface area contributed by atoms with Gasteiger partial charge >= 0.3 is 0 Å². The number of benzene rings is 2. The fourth-order valence-electron chi connectivity index (χ4n) is 2.88. The van der Waals surface area contributed by atoms with E-state index in [0.29, 0.717) is 0 Å². The van der Waals surface area contributed by atoms with Crippen LogP contribution in [0.1, 0.15) is 31.0 Å². The van der Waals surface area contributed by atoms with E-state index >= 15 is 0 Å². The molecule has 24 heavy (non-hydrogen) atoms. The van der Waals surface area contributed by atoms with Gasteiger partial charge in [0.1, 0.15) is 5.82 Å². The molecule has 0 saturated carbocycles. The van der Waals surface area contributed by atoms with Crippen molar-refractivity contribution in [3.8, 4) is 22.4 Å². The normalized spacial score (nSPS) is 11.0. The molecule has 0 unspecified atom stereocenters. The lowest BCUT2D eigenvalue weighted by atomic mass is 9.93. The van der Waals surface area contributed by atoms with Crippen molar-refractivity contribution in [3.05, 3.63) is 77.7 Å². The number of aliphatic hydroxyl groups excluding tert-OH is 1. The third-order valence-corrected chi connectivity index (χ3v) is 4.09. The fraction of sp³-hybridized carbons (Fsp3) is 0.190. The first-order chi connectivity index (χ1) is 11.6. The van der Waals surface area contributed by atoms with Gasteiger partial charge in [0, 0.05) is 16.8 Å². The minimum Gasteiger partial charge on any atom is -0.392 e. The molecule has 0 atom stereocenters. The quantitative estimate of drug-likeness (QED) is 0.719. The minimum atomic E-state index is -0.272. The Labute approximate surface area is 141 Å². The molecule has 3 aromatic rings. The van der Waals surface area contributed by atoms with Crippen LogP contribution in [0, 0.1) is 5.82 Å². The first kappa shape index (κ1) is 16.3. The molecule has 1 heterocycles. The number of halogens is 1. The van der Waals surface area contributed by atoms with Crippen LogP contribution >= 0.6 is 0 Å². The van der Waals surface area contributed by atoms with E-state index in [1.165, 1.54) is 12.1 Å². The SMILES string of the molecule is CC(C)c1nc(-c2ccccc2)cc(-c2ccc(F)cc2)c1CO. The smallest absolute Gasteiger partial charge is 0.123 e. The van der Waals surface area contributed by atoms with E-state index in [-0.39, 0.29) is 18.3 Å². The summed E-state index contributed by atoms with van der Waals surface area (Å²) in [5, 5.41) is 9.91. The summed E-state index contributed by atoms with van der Waals surface area (Å²) in [5.41, 5.74) is 5.33. The Kier molecular flexibility index (Phi) is 4.72. The Morgan fingerprint density at radius 2 is 1.62 bits per heavy atom. The Morgan fingerprint density at radius 1 is 0.958 bits per heavy atom. The molecular formula is C21H20FNO. The predicted octanol–water partition coefficient (Wildman–Crippen LogP) is 5.17. The average Bonchev–Trinajstić information content (AvgIpc) is 2.62. The number of hydrogen-bond acceptors (Lipinski definition) is 2. The number of nitrogens with zero attached hydrogens (tertiary/aromatic N) is 1. The highest BCUT2D eigenvalue weighted by atomic mass is 19.1. The van der Waals surface area contributed by atoms with Gasteiger partial charge in [-0.25, -0.2) is 4.39 Å². The highest BCUT2D eigenvalue weighted by Crippen LogP contribution is 2.33. The van der Waals surface area contributed by atoms with Gasteiger partial charge in [-0.3, -0.25) is 4.98 Å². The van der Waals surface area contributed by atoms with Gasteiger partial charge in [-0.15, -0.1) is 0 Å². The standard InChI is InChI=1S/C21H20FNO/c1-14(2)21-19(13-24)18(15-8-10-17(22)11-9-15)12-20(23-21)16-6-4-3-5-7-16/h3-12,14,24H,13H2,1-2H3. The zero-order chi connectivity index (χ0) is 17.1. The molecule has 2 nitrogen and oxygen atoms in total. The summed E-state index contributed by atoms with van der Waals surface area (Å²) in [5.74, 6) is -0.0965. The van der Waals surface area contributed by atoms with Crippen molar-refractivity contribution in [1.29, 1.82) is 0 Å². The third kappa shape index (κ3) is 3.22. The van der Waals surface area contributed by atoms with Crippen LogP contribution in [0.4, 0.5) is 4.39 Å². The van der Waals surface area contributed by atoms with Gasteiger partial charge in [-0.05, 0) is 35.2 Å². The van der Waals surface area contributed by atoms with Gasteiger partial charge in [0.05, 0.1) is 12.3 Å². The molecule has 0 aliphatic heterocycles. The molecule has 1 aromatic heterocycles. The van der Waals surface area contributed by atoms with Crippen molar-refractivity contribution in [2.24, 2.45) is 0 Å². The molecule has 3 heteroatoms. The summed E-state index contributed by atoms with van der Waals surface area (Å²) in [6.07, 6.45) is 0. The Balaban J connectivity index is 2.25. The second kappa shape index (κ2) is 6.93. The fourth-order valence-corrected chi connectivity index (χ4v) is 2.88. The number of hydrogen-bond donors (Lipinski definition) is 1. The van der Waals surface area contributed by atoms with Crippen molar-refractivity contribution in [2.45, 2.75) is 26.4 Å². The van der Waals surface area contributed by atoms with Crippen LogP contribution in [0.25, 0.3) is 22.4 Å². The number of rotatable bonds is 4. The van der Waals surface area contributed by atoms with Gasteiger partial charge in [-0.2, -0.15) is 0 Å². The third-order valence-electron chi connectivity index (χ3n) is 4.09. The Morgan fingerprint density at radius 3 is 2.21 bits per heavy atom. The van der Waals surface area contributed by atoms with Crippen LogP contribution in [0.2, 0.25) is 0 Å². The van der Waals surface area contributed by atoms with Crippen molar-refractivity contribution in [2.75, 3.05) is 0 Å². The lowest BCUT2D eigenvalue weighted by Gasteiger charge is -2.17. The molecule has 0 radical (unpaired) electrons. The van der Waals surface area contributed by atoms with E-state index in [1.807, 2.05) is 36.4 Å². The molecule has 0 fully saturated rings. The summed E-state index contributed by atoms with van der Waals surface area (Å²) >= 11 is 0. The molecule has 2 aromatic carbocycles. The monoisotopic (exact) mass is 321 g/mol. The molecule has 122 valence electrons. The molecule has 0 spiro atoms. The van der Waals surface area contributed by atoms with Gasteiger partial charge in [0.2, 0.25) is 0 Å². The average molecular weight is 321 g/mol. The van der Waals surface area contributed by atoms with E-state index in [0.717, 1.165) is 33.6 Å². The van der Waals surface area contributed by atoms with Crippen molar-refractivity contribution in [1.82, 2.24) is 4.98 Å². The van der Waals surface area contributed by atoms with Crippen LogP contribution in [0.3, 0.4) is 0 Å². The highest BCUT2D eigenvalue weighted by Gasteiger charge is 2.16. The minimum absolute atomic E-state index is 0.0949. The van der Waals surface area contributed by atoms with E-state index < -0.39 is 0 Å². The maximum absolute atomic E-state index is 13.3. The molecule has 0 aliphatic carbocycles.